The van der Waals surface area contributed by atoms with Gasteiger partial charge in [-0.25, -0.2) is 8.42 Å². The van der Waals surface area contributed by atoms with E-state index in [0.29, 0.717) is 5.75 Å². The second-order valence-electron chi connectivity index (χ2n) is 7.12. The Morgan fingerprint density at radius 1 is 1.22 bits per heavy atom. The quantitative estimate of drug-likeness (QED) is 0.811. The number of sulfone groups is 1. The van der Waals surface area contributed by atoms with Gasteiger partial charge in [-0.1, -0.05) is 6.42 Å². The minimum Gasteiger partial charge on any atom is -0.312 e. The highest BCUT2D eigenvalue weighted by atomic mass is 32.2. The van der Waals surface area contributed by atoms with Gasteiger partial charge in [0.1, 0.15) is 0 Å². The molecule has 0 spiro atoms. The lowest BCUT2D eigenvalue weighted by atomic mass is 9.67. The van der Waals surface area contributed by atoms with Gasteiger partial charge in [0, 0.05) is 12.1 Å². The summed E-state index contributed by atoms with van der Waals surface area (Å²) in [6.45, 7) is 11.0. The first-order valence-electron chi connectivity index (χ1n) is 7.03. The molecule has 1 fully saturated rings. The standard InChI is InChI=1S/C14H29NO2S/c1-12(2)18(16,17)10-9-14(7-6-8-14)11-15-13(3,4)5/h12,15H,6-11H2,1-5H3. The first-order valence-corrected chi connectivity index (χ1v) is 8.75. The summed E-state index contributed by atoms with van der Waals surface area (Å²) in [5, 5.41) is 3.29. The molecule has 0 aromatic carbocycles. The van der Waals surface area contributed by atoms with E-state index in [1.54, 1.807) is 13.8 Å². The van der Waals surface area contributed by atoms with Crippen molar-refractivity contribution in [3.63, 3.8) is 0 Å². The van der Waals surface area contributed by atoms with Crippen molar-refractivity contribution in [3.8, 4) is 0 Å². The smallest absolute Gasteiger partial charge is 0.152 e. The van der Waals surface area contributed by atoms with Gasteiger partial charge >= 0.3 is 0 Å². The second kappa shape index (κ2) is 5.49. The van der Waals surface area contributed by atoms with Gasteiger partial charge in [0.25, 0.3) is 0 Å². The summed E-state index contributed by atoms with van der Waals surface area (Å²) < 4.78 is 23.8. The van der Waals surface area contributed by atoms with Gasteiger partial charge in [0.15, 0.2) is 9.84 Å². The third-order valence-electron chi connectivity index (χ3n) is 4.04. The van der Waals surface area contributed by atoms with Crippen LogP contribution in [0.4, 0.5) is 0 Å². The molecule has 108 valence electrons. The third kappa shape index (κ3) is 4.54. The average Bonchev–Trinajstić information content (AvgIpc) is 2.13. The van der Waals surface area contributed by atoms with Crippen LogP contribution in [0.2, 0.25) is 0 Å². The van der Waals surface area contributed by atoms with E-state index in [0.717, 1.165) is 13.0 Å². The molecular weight excluding hydrogens is 246 g/mol. The van der Waals surface area contributed by atoms with Gasteiger partial charge in [0.2, 0.25) is 0 Å². The average molecular weight is 275 g/mol. The van der Waals surface area contributed by atoms with Crippen molar-refractivity contribution in [2.45, 2.75) is 71.1 Å². The largest absolute Gasteiger partial charge is 0.312 e. The van der Waals surface area contributed by atoms with E-state index in [2.05, 4.69) is 26.1 Å². The van der Waals surface area contributed by atoms with Crippen LogP contribution in [-0.2, 0) is 9.84 Å². The van der Waals surface area contributed by atoms with Crippen LogP contribution in [0.3, 0.4) is 0 Å². The van der Waals surface area contributed by atoms with Gasteiger partial charge in [-0.3, -0.25) is 0 Å². The Hall–Kier alpha value is -0.0900. The summed E-state index contributed by atoms with van der Waals surface area (Å²) in [5.41, 5.74) is 0.342. The lowest BCUT2D eigenvalue weighted by molar-refractivity contribution is 0.114. The predicted octanol–water partition coefficient (Wildman–Crippen LogP) is 2.76. The minimum atomic E-state index is -2.89. The molecule has 1 N–H and O–H groups in total. The van der Waals surface area contributed by atoms with Crippen LogP contribution in [0.15, 0.2) is 0 Å². The molecule has 4 heteroatoms. The van der Waals surface area contributed by atoms with Crippen molar-refractivity contribution in [1.29, 1.82) is 0 Å². The Kier molecular flexibility index (Phi) is 4.87. The lowest BCUT2D eigenvalue weighted by Crippen LogP contribution is -2.47. The highest BCUT2D eigenvalue weighted by molar-refractivity contribution is 7.91. The van der Waals surface area contributed by atoms with E-state index in [1.807, 2.05) is 0 Å². The maximum atomic E-state index is 11.9. The summed E-state index contributed by atoms with van der Waals surface area (Å²) >= 11 is 0. The van der Waals surface area contributed by atoms with Gasteiger partial charge < -0.3 is 5.32 Å². The second-order valence-corrected chi connectivity index (χ2v) is 9.80. The monoisotopic (exact) mass is 275 g/mol. The van der Waals surface area contributed by atoms with E-state index in [4.69, 9.17) is 0 Å². The molecule has 0 amide bonds. The van der Waals surface area contributed by atoms with E-state index < -0.39 is 9.84 Å². The van der Waals surface area contributed by atoms with Crippen LogP contribution in [0, 0.1) is 5.41 Å². The van der Waals surface area contributed by atoms with Crippen molar-refractivity contribution in [2.24, 2.45) is 5.41 Å². The number of hydrogen-bond donors (Lipinski definition) is 1. The number of hydrogen-bond acceptors (Lipinski definition) is 3. The number of rotatable bonds is 6. The van der Waals surface area contributed by atoms with E-state index >= 15 is 0 Å². The Labute approximate surface area is 113 Å². The van der Waals surface area contributed by atoms with Crippen molar-refractivity contribution in [2.75, 3.05) is 12.3 Å². The maximum Gasteiger partial charge on any atom is 0.152 e. The normalized spacial score (nSPS) is 19.9. The van der Waals surface area contributed by atoms with E-state index in [9.17, 15) is 8.42 Å². The van der Waals surface area contributed by atoms with Gasteiger partial charge in [-0.05, 0) is 59.3 Å². The molecule has 0 bridgehead atoms. The van der Waals surface area contributed by atoms with Crippen LogP contribution in [-0.4, -0.2) is 31.5 Å². The summed E-state index contributed by atoms with van der Waals surface area (Å²) in [6, 6.07) is 0. The predicted molar refractivity (Wildman–Crippen MR) is 77.6 cm³/mol. The molecule has 1 aliphatic rings. The summed E-state index contributed by atoms with van der Waals surface area (Å²) in [6.07, 6.45) is 4.40. The van der Waals surface area contributed by atoms with Crippen LogP contribution in [0.25, 0.3) is 0 Å². The Morgan fingerprint density at radius 2 is 1.78 bits per heavy atom. The fraction of sp³-hybridized carbons (Fsp3) is 1.00. The van der Waals surface area contributed by atoms with Crippen LogP contribution >= 0.6 is 0 Å². The summed E-state index contributed by atoms with van der Waals surface area (Å²) in [7, 11) is -2.89. The zero-order valence-electron chi connectivity index (χ0n) is 12.5. The fourth-order valence-corrected chi connectivity index (χ4v) is 3.43. The first kappa shape index (κ1) is 16.0. The van der Waals surface area contributed by atoms with E-state index in [-0.39, 0.29) is 16.2 Å². The zero-order chi connectivity index (χ0) is 14.0. The van der Waals surface area contributed by atoms with Gasteiger partial charge in [-0.2, -0.15) is 0 Å². The molecule has 1 aliphatic carbocycles. The molecule has 0 aromatic heterocycles. The Morgan fingerprint density at radius 3 is 2.11 bits per heavy atom. The van der Waals surface area contributed by atoms with Crippen molar-refractivity contribution in [3.05, 3.63) is 0 Å². The Balaban J connectivity index is 2.52. The lowest BCUT2D eigenvalue weighted by Gasteiger charge is -2.44. The number of nitrogens with one attached hydrogen (secondary N) is 1. The molecule has 0 saturated heterocycles. The molecule has 0 radical (unpaired) electrons. The van der Waals surface area contributed by atoms with Gasteiger partial charge in [0.05, 0.1) is 11.0 Å². The third-order valence-corrected chi connectivity index (χ3v) is 6.25. The Bertz CT molecular complexity index is 362. The molecule has 18 heavy (non-hydrogen) atoms. The first-order chi connectivity index (χ1) is 8.06. The molecule has 0 unspecified atom stereocenters. The van der Waals surface area contributed by atoms with Crippen molar-refractivity contribution >= 4 is 9.84 Å². The molecule has 0 aromatic rings. The molecule has 0 aliphatic heterocycles. The molecule has 3 nitrogen and oxygen atoms in total. The highest BCUT2D eigenvalue weighted by Crippen LogP contribution is 2.44. The van der Waals surface area contributed by atoms with Crippen molar-refractivity contribution < 1.29 is 8.42 Å². The van der Waals surface area contributed by atoms with E-state index in [1.165, 1.54) is 19.3 Å². The van der Waals surface area contributed by atoms with Crippen molar-refractivity contribution in [1.82, 2.24) is 5.32 Å². The molecular formula is C14H29NO2S. The summed E-state index contributed by atoms with van der Waals surface area (Å²) in [4.78, 5) is 0. The fourth-order valence-electron chi connectivity index (χ4n) is 2.24. The van der Waals surface area contributed by atoms with Gasteiger partial charge in [-0.15, -0.1) is 0 Å². The molecule has 1 rings (SSSR count). The topological polar surface area (TPSA) is 46.2 Å². The summed E-state index contributed by atoms with van der Waals surface area (Å²) in [5.74, 6) is 0.344. The van der Waals surface area contributed by atoms with Crippen LogP contribution in [0.5, 0.6) is 0 Å². The maximum absolute atomic E-state index is 11.9. The zero-order valence-corrected chi connectivity index (χ0v) is 13.4. The van der Waals surface area contributed by atoms with Crippen LogP contribution < -0.4 is 5.32 Å². The SMILES string of the molecule is CC(C)S(=O)(=O)CCC1(CNC(C)(C)C)CCC1. The molecule has 0 atom stereocenters. The van der Waals surface area contributed by atoms with Crippen LogP contribution in [0.1, 0.15) is 60.3 Å². The molecule has 1 saturated carbocycles. The minimum absolute atomic E-state index is 0.111. The highest BCUT2D eigenvalue weighted by Gasteiger charge is 2.38. The molecule has 0 heterocycles.